The van der Waals surface area contributed by atoms with Gasteiger partial charge >= 0.3 is 0 Å². The highest BCUT2D eigenvalue weighted by molar-refractivity contribution is 5.74. The first-order valence-corrected chi connectivity index (χ1v) is 7.95. The average Bonchev–Trinajstić information content (AvgIpc) is 2.56. The van der Waals surface area contributed by atoms with Crippen molar-refractivity contribution in [1.82, 2.24) is 24.8 Å². The molecule has 0 atom stereocenters. The molecule has 0 spiro atoms. The molecule has 3 aromatic rings. The van der Waals surface area contributed by atoms with Crippen molar-refractivity contribution >= 4 is 11.0 Å². The number of hydrogen-bond acceptors (Lipinski definition) is 5. The summed E-state index contributed by atoms with van der Waals surface area (Å²) in [7, 11) is 0. The van der Waals surface area contributed by atoms with Crippen LogP contribution in [0, 0.1) is 13.8 Å². The van der Waals surface area contributed by atoms with Gasteiger partial charge in [-0.25, -0.2) is 19.9 Å². The van der Waals surface area contributed by atoms with Crippen LogP contribution < -0.4 is 0 Å². The number of benzene rings is 1. The van der Waals surface area contributed by atoms with E-state index in [-0.39, 0.29) is 0 Å². The van der Waals surface area contributed by atoms with Gasteiger partial charge in [0.2, 0.25) is 0 Å². The molecular weight excluding hydrogens is 286 g/mol. The number of nitrogens with zero attached hydrogens (tertiary/aromatic N) is 5. The first kappa shape index (κ1) is 14.2. The maximum absolute atomic E-state index is 4.80. The second kappa shape index (κ2) is 5.66. The monoisotopic (exact) mass is 305 g/mol. The molecule has 5 heteroatoms. The van der Waals surface area contributed by atoms with Crippen LogP contribution in [0.25, 0.3) is 11.0 Å². The highest BCUT2D eigenvalue weighted by Gasteiger charge is 2.19. The van der Waals surface area contributed by atoms with Crippen molar-refractivity contribution in [3.05, 3.63) is 58.9 Å². The van der Waals surface area contributed by atoms with E-state index in [2.05, 4.69) is 19.9 Å². The molecule has 3 heterocycles. The fraction of sp³-hybridized carbons (Fsp3) is 0.333. The first-order chi connectivity index (χ1) is 11.2. The first-order valence-electron chi connectivity index (χ1n) is 7.95. The predicted molar refractivity (Wildman–Crippen MR) is 88.9 cm³/mol. The van der Waals surface area contributed by atoms with Gasteiger partial charge in [0, 0.05) is 43.5 Å². The summed E-state index contributed by atoms with van der Waals surface area (Å²) >= 11 is 0. The third-order valence-electron chi connectivity index (χ3n) is 4.35. The van der Waals surface area contributed by atoms with Crippen molar-refractivity contribution in [1.29, 1.82) is 0 Å². The van der Waals surface area contributed by atoms with Crippen LogP contribution in [0.1, 0.15) is 28.5 Å². The van der Waals surface area contributed by atoms with Crippen molar-refractivity contribution in [2.24, 2.45) is 0 Å². The Balaban J connectivity index is 1.59. The van der Waals surface area contributed by atoms with Crippen LogP contribution in [0.2, 0.25) is 0 Å². The minimum absolute atomic E-state index is 0.816. The van der Waals surface area contributed by atoms with E-state index < -0.39 is 0 Å². The fourth-order valence-corrected chi connectivity index (χ4v) is 3.10. The van der Waals surface area contributed by atoms with E-state index in [1.807, 2.05) is 44.3 Å². The molecule has 0 saturated heterocycles. The van der Waals surface area contributed by atoms with Crippen molar-refractivity contribution in [2.45, 2.75) is 33.4 Å². The van der Waals surface area contributed by atoms with Crippen molar-refractivity contribution in [3.8, 4) is 0 Å². The normalized spacial score (nSPS) is 14.9. The predicted octanol–water partition coefficient (Wildman–Crippen LogP) is 2.59. The van der Waals surface area contributed by atoms with E-state index >= 15 is 0 Å². The summed E-state index contributed by atoms with van der Waals surface area (Å²) in [6, 6.07) is 8.04. The number of rotatable bonds is 2. The zero-order chi connectivity index (χ0) is 15.8. The van der Waals surface area contributed by atoms with E-state index in [9.17, 15) is 0 Å². The Bertz CT molecular complexity index is 874. The quantitative estimate of drug-likeness (QED) is 0.728. The zero-order valence-electron chi connectivity index (χ0n) is 13.5. The summed E-state index contributed by atoms with van der Waals surface area (Å²) in [6.07, 6.45) is 2.93. The van der Waals surface area contributed by atoms with Gasteiger partial charge in [-0.1, -0.05) is 12.1 Å². The summed E-state index contributed by atoms with van der Waals surface area (Å²) in [4.78, 5) is 20.8. The van der Waals surface area contributed by atoms with Crippen molar-refractivity contribution in [3.63, 3.8) is 0 Å². The zero-order valence-corrected chi connectivity index (χ0v) is 13.5. The molecule has 0 bridgehead atoms. The molecule has 0 amide bonds. The number of fused-ring (bicyclic) bond motifs is 2. The van der Waals surface area contributed by atoms with Gasteiger partial charge in [0.25, 0.3) is 0 Å². The molecule has 0 N–H and O–H groups in total. The summed E-state index contributed by atoms with van der Waals surface area (Å²) in [5, 5.41) is 0. The lowest BCUT2D eigenvalue weighted by molar-refractivity contribution is 0.239. The van der Waals surface area contributed by atoms with Gasteiger partial charge < -0.3 is 0 Å². The number of aromatic nitrogens is 4. The molecule has 4 rings (SSSR count). The summed E-state index contributed by atoms with van der Waals surface area (Å²) in [5.41, 5.74) is 6.41. The highest BCUT2D eigenvalue weighted by Crippen LogP contribution is 2.20. The summed E-state index contributed by atoms with van der Waals surface area (Å²) in [5.74, 6) is 0.855. The number of aryl methyl sites for hydroxylation is 2. The molecule has 0 fully saturated rings. The van der Waals surface area contributed by atoms with Gasteiger partial charge in [-0.05, 0) is 26.0 Å². The topological polar surface area (TPSA) is 54.8 Å². The molecule has 1 aromatic carbocycles. The van der Waals surface area contributed by atoms with Gasteiger partial charge in [0.15, 0.2) is 0 Å². The van der Waals surface area contributed by atoms with Crippen molar-refractivity contribution in [2.75, 3.05) is 6.54 Å². The molecule has 5 nitrogen and oxygen atoms in total. The minimum Gasteiger partial charge on any atom is -0.293 e. The third kappa shape index (κ3) is 2.80. The van der Waals surface area contributed by atoms with E-state index in [1.165, 1.54) is 11.3 Å². The van der Waals surface area contributed by atoms with Crippen molar-refractivity contribution < 1.29 is 0 Å². The standard InChI is InChI=1S/C18H19N5/c1-12-18(22-17-6-4-3-5-16(17)20-12)11-23-8-7-15-14(10-23)9-19-13(2)21-15/h3-6,9H,7-8,10-11H2,1-2H3. The van der Waals surface area contributed by atoms with Crippen LogP contribution >= 0.6 is 0 Å². The van der Waals surface area contributed by atoms with Gasteiger partial charge in [0.1, 0.15) is 5.82 Å². The van der Waals surface area contributed by atoms with Crippen LogP contribution in [-0.4, -0.2) is 31.4 Å². The number of para-hydroxylation sites is 2. The molecular formula is C18H19N5. The molecule has 2 aromatic heterocycles. The Hall–Kier alpha value is -2.40. The van der Waals surface area contributed by atoms with Gasteiger partial charge in [0.05, 0.1) is 22.4 Å². The summed E-state index contributed by atoms with van der Waals surface area (Å²) in [6.45, 7) is 6.68. The van der Waals surface area contributed by atoms with Crippen LogP contribution in [0.5, 0.6) is 0 Å². The maximum Gasteiger partial charge on any atom is 0.125 e. The second-order valence-corrected chi connectivity index (χ2v) is 6.09. The highest BCUT2D eigenvalue weighted by atomic mass is 15.1. The van der Waals surface area contributed by atoms with Crippen LogP contribution in [-0.2, 0) is 19.5 Å². The largest absolute Gasteiger partial charge is 0.293 e. The van der Waals surface area contributed by atoms with Gasteiger partial charge in [-0.2, -0.15) is 0 Å². The smallest absolute Gasteiger partial charge is 0.125 e. The van der Waals surface area contributed by atoms with E-state index in [0.717, 1.165) is 54.3 Å². The van der Waals surface area contributed by atoms with E-state index in [1.54, 1.807) is 0 Å². The average molecular weight is 305 g/mol. The second-order valence-electron chi connectivity index (χ2n) is 6.09. The maximum atomic E-state index is 4.80. The van der Waals surface area contributed by atoms with Crippen LogP contribution in [0.15, 0.2) is 30.5 Å². The Morgan fingerprint density at radius 3 is 2.65 bits per heavy atom. The third-order valence-corrected chi connectivity index (χ3v) is 4.35. The molecule has 0 saturated carbocycles. The van der Waals surface area contributed by atoms with Gasteiger partial charge in [-0.3, -0.25) is 4.90 Å². The van der Waals surface area contributed by atoms with E-state index in [0.29, 0.717) is 0 Å². The SMILES string of the molecule is Cc1ncc2c(n1)CCN(Cc1nc3ccccc3nc1C)C2. The van der Waals surface area contributed by atoms with Gasteiger partial charge in [-0.15, -0.1) is 0 Å². The Labute approximate surface area is 135 Å². The minimum atomic E-state index is 0.816. The molecule has 1 aliphatic heterocycles. The lowest BCUT2D eigenvalue weighted by atomic mass is 10.1. The van der Waals surface area contributed by atoms with Crippen LogP contribution in [0.4, 0.5) is 0 Å². The lowest BCUT2D eigenvalue weighted by Crippen LogP contribution is -2.31. The lowest BCUT2D eigenvalue weighted by Gasteiger charge is -2.28. The molecule has 23 heavy (non-hydrogen) atoms. The fourth-order valence-electron chi connectivity index (χ4n) is 3.10. The molecule has 1 aliphatic rings. The van der Waals surface area contributed by atoms with E-state index in [4.69, 9.17) is 4.98 Å². The molecule has 0 unspecified atom stereocenters. The van der Waals surface area contributed by atoms with Crippen LogP contribution in [0.3, 0.4) is 0 Å². The number of hydrogen-bond donors (Lipinski definition) is 0. The molecule has 0 radical (unpaired) electrons. The summed E-state index contributed by atoms with van der Waals surface area (Å²) < 4.78 is 0. The Morgan fingerprint density at radius 1 is 1.04 bits per heavy atom. The molecule has 116 valence electrons. The Kier molecular flexibility index (Phi) is 3.50. The molecule has 0 aliphatic carbocycles. The Morgan fingerprint density at radius 2 is 1.83 bits per heavy atom.